The number of hydrogen-bond donors (Lipinski definition) is 2. The van der Waals surface area contributed by atoms with E-state index in [-0.39, 0.29) is 22.2 Å². The van der Waals surface area contributed by atoms with Crippen molar-refractivity contribution in [2.75, 3.05) is 5.32 Å². The number of hydrogen-bond acceptors (Lipinski definition) is 3. The van der Waals surface area contributed by atoms with Crippen LogP contribution in [0.25, 0.3) is 0 Å². The third-order valence-electron chi connectivity index (χ3n) is 2.58. The third kappa shape index (κ3) is 3.23. The van der Waals surface area contributed by atoms with E-state index in [0.29, 0.717) is 15.1 Å². The predicted molar refractivity (Wildman–Crippen MR) is 82.8 cm³/mol. The summed E-state index contributed by atoms with van der Waals surface area (Å²) in [6.07, 6.45) is 1.49. The molecule has 0 unspecified atom stereocenters. The number of benzene rings is 1. The topological polar surface area (TPSA) is 62.2 Å². The molecule has 0 aliphatic carbocycles. The van der Waals surface area contributed by atoms with Crippen molar-refractivity contribution in [3.05, 3.63) is 50.2 Å². The second-order valence-electron chi connectivity index (χ2n) is 4.06. The van der Waals surface area contributed by atoms with Gasteiger partial charge in [-0.1, -0.05) is 23.2 Å². The van der Waals surface area contributed by atoms with E-state index >= 15 is 0 Å². The van der Waals surface area contributed by atoms with E-state index in [1.54, 1.807) is 6.92 Å². The molecule has 0 saturated carbocycles. The number of aromatic nitrogens is 1. The van der Waals surface area contributed by atoms with Crippen LogP contribution in [0.15, 0.2) is 28.9 Å². The molecule has 0 saturated heterocycles. The Bertz CT molecular complexity index is 692. The first kappa shape index (κ1) is 15.1. The lowest BCUT2D eigenvalue weighted by Crippen LogP contribution is -2.13. The number of anilines is 1. The van der Waals surface area contributed by atoms with Crippen LogP contribution < -0.4 is 5.32 Å². The highest BCUT2D eigenvalue weighted by Gasteiger charge is 2.15. The first-order valence-electron chi connectivity index (χ1n) is 5.50. The Morgan fingerprint density at radius 2 is 2.05 bits per heavy atom. The molecule has 0 aliphatic heterocycles. The molecular weight excluding hydrogens is 367 g/mol. The molecule has 4 nitrogen and oxygen atoms in total. The maximum absolute atomic E-state index is 12.1. The number of phenolic OH excluding ortho intramolecular Hbond substituents is 1. The van der Waals surface area contributed by atoms with Gasteiger partial charge < -0.3 is 10.4 Å². The smallest absolute Gasteiger partial charge is 0.258 e. The van der Waals surface area contributed by atoms with Gasteiger partial charge in [-0.2, -0.15) is 0 Å². The van der Waals surface area contributed by atoms with Crippen LogP contribution in [-0.4, -0.2) is 16.0 Å². The Hall–Kier alpha value is -1.30. The molecule has 7 heteroatoms. The molecular formula is C13H9BrCl2N2O2. The zero-order valence-electron chi connectivity index (χ0n) is 10.2. The van der Waals surface area contributed by atoms with Gasteiger partial charge in [-0.05, 0) is 46.6 Å². The Kier molecular flexibility index (Phi) is 4.52. The largest absolute Gasteiger partial charge is 0.506 e. The van der Waals surface area contributed by atoms with E-state index in [2.05, 4.69) is 26.2 Å². The zero-order chi connectivity index (χ0) is 14.9. The highest BCUT2D eigenvalue weighted by molar-refractivity contribution is 9.10. The molecule has 0 radical (unpaired) electrons. The van der Waals surface area contributed by atoms with Crippen molar-refractivity contribution in [3.8, 4) is 5.75 Å². The van der Waals surface area contributed by atoms with Gasteiger partial charge in [-0.3, -0.25) is 4.79 Å². The van der Waals surface area contributed by atoms with Gasteiger partial charge in [0, 0.05) is 15.7 Å². The molecule has 1 heterocycles. The number of carbonyl (C=O) groups is 1. The van der Waals surface area contributed by atoms with Gasteiger partial charge in [0.15, 0.2) is 0 Å². The van der Waals surface area contributed by atoms with Gasteiger partial charge >= 0.3 is 0 Å². The molecule has 1 amide bonds. The minimum absolute atomic E-state index is 0.0701. The van der Waals surface area contributed by atoms with Crippen LogP contribution in [0.3, 0.4) is 0 Å². The predicted octanol–water partition coefficient (Wildman–Crippen LogP) is 4.42. The number of pyridine rings is 1. The summed E-state index contributed by atoms with van der Waals surface area (Å²) in [7, 11) is 0. The maximum atomic E-state index is 12.1. The van der Waals surface area contributed by atoms with Gasteiger partial charge in [0.25, 0.3) is 5.91 Å². The summed E-state index contributed by atoms with van der Waals surface area (Å²) in [5.74, 6) is -0.557. The van der Waals surface area contributed by atoms with Crippen LogP contribution in [0.4, 0.5) is 5.69 Å². The zero-order valence-corrected chi connectivity index (χ0v) is 13.3. The lowest BCUT2D eigenvalue weighted by Gasteiger charge is -2.10. The van der Waals surface area contributed by atoms with Crippen molar-refractivity contribution in [1.82, 2.24) is 4.98 Å². The molecule has 0 fully saturated rings. The quantitative estimate of drug-likeness (QED) is 0.603. The van der Waals surface area contributed by atoms with Gasteiger partial charge in [-0.25, -0.2) is 4.98 Å². The van der Waals surface area contributed by atoms with Crippen molar-refractivity contribution < 1.29 is 9.90 Å². The number of aryl methyl sites for hydroxylation is 1. The van der Waals surface area contributed by atoms with Gasteiger partial charge in [0.2, 0.25) is 0 Å². The molecule has 1 aromatic carbocycles. The molecule has 2 N–H and O–H groups in total. The Morgan fingerprint density at radius 1 is 1.35 bits per heavy atom. The van der Waals surface area contributed by atoms with E-state index in [1.807, 2.05) is 0 Å². The van der Waals surface area contributed by atoms with E-state index in [1.165, 1.54) is 24.4 Å². The van der Waals surface area contributed by atoms with Crippen LogP contribution in [0.5, 0.6) is 5.75 Å². The number of amides is 1. The molecule has 0 aliphatic rings. The minimum atomic E-state index is -0.487. The van der Waals surface area contributed by atoms with Crippen molar-refractivity contribution in [2.45, 2.75) is 6.92 Å². The second kappa shape index (κ2) is 5.99. The number of halogens is 3. The number of aromatic hydroxyl groups is 1. The maximum Gasteiger partial charge on any atom is 0.258 e. The van der Waals surface area contributed by atoms with Crippen molar-refractivity contribution in [1.29, 1.82) is 0 Å². The lowest BCUT2D eigenvalue weighted by atomic mass is 10.2. The number of nitrogens with one attached hydrogen (secondary N) is 1. The van der Waals surface area contributed by atoms with Crippen LogP contribution in [-0.2, 0) is 0 Å². The number of carbonyl (C=O) groups excluding carboxylic acids is 1. The molecule has 1 aromatic heterocycles. The summed E-state index contributed by atoms with van der Waals surface area (Å²) in [6.45, 7) is 1.75. The third-order valence-corrected chi connectivity index (χ3v) is 3.72. The van der Waals surface area contributed by atoms with Crippen LogP contribution in [0.1, 0.15) is 15.9 Å². The van der Waals surface area contributed by atoms with Crippen molar-refractivity contribution >= 4 is 50.7 Å². The lowest BCUT2D eigenvalue weighted by molar-refractivity contribution is 0.102. The molecule has 20 heavy (non-hydrogen) atoms. The van der Waals surface area contributed by atoms with Crippen molar-refractivity contribution in [2.24, 2.45) is 0 Å². The highest BCUT2D eigenvalue weighted by atomic mass is 79.9. The van der Waals surface area contributed by atoms with E-state index in [0.717, 1.165) is 0 Å². The fourth-order valence-corrected chi connectivity index (χ4v) is 2.22. The number of rotatable bonds is 2. The van der Waals surface area contributed by atoms with Gasteiger partial charge in [-0.15, -0.1) is 0 Å². The standard InChI is InChI=1S/C13H9BrCl2N2O2/c1-6-2-11(19)10(4-9(6)15)18-13(20)8-3-7(14)5-17-12(8)16/h2-5,19H,1H3,(H,18,20). The van der Waals surface area contributed by atoms with Crippen molar-refractivity contribution in [3.63, 3.8) is 0 Å². The summed E-state index contributed by atoms with van der Waals surface area (Å²) >= 11 is 15.0. The normalized spacial score (nSPS) is 10.4. The average Bonchev–Trinajstić information content (AvgIpc) is 2.38. The first-order chi connectivity index (χ1) is 9.38. The van der Waals surface area contributed by atoms with Crippen LogP contribution in [0, 0.1) is 6.92 Å². The fourth-order valence-electron chi connectivity index (χ4n) is 1.54. The van der Waals surface area contributed by atoms with E-state index in [4.69, 9.17) is 23.2 Å². The Morgan fingerprint density at radius 3 is 2.75 bits per heavy atom. The molecule has 0 atom stereocenters. The fraction of sp³-hybridized carbons (Fsp3) is 0.0769. The summed E-state index contributed by atoms with van der Waals surface area (Å²) in [5, 5.41) is 12.9. The minimum Gasteiger partial charge on any atom is -0.506 e. The van der Waals surface area contributed by atoms with Gasteiger partial charge in [0.05, 0.1) is 11.3 Å². The summed E-state index contributed by atoms with van der Waals surface area (Å²) in [4.78, 5) is 16.0. The molecule has 0 bridgehead atoms. The monoisotopic (exact) mass is 374 g/mol. The summed E-state index contributed by atoms with van der Waals surface area (Å²) < 4.78 is 0.623. The average molecular weight is 376 g/mol. The first-order valence-corrected chi connectivity index (χ1v) is 7.05. The van der Waals surface area contributed by atoms with Crippen LogP contribution >= 0.6 is 39.1 Å². The second-order valence-corrected chi connectivity index (χ2v) is 5.75. The Balaban J connectivity index is 2.32. The molecule has 104 valence electrons. The van der Waals surface area contributed by atoms with Crippen LogP contribution in [0.2, 0.25) is 10.2 Å². The van der Waals surface area contributed by atoms with E-state index in [9.17, 15) is 9.90 Å². The molecule has 0 spiro atoms. The van der Waals surface area contributed by atoms with Gasteiger partial charge in [0.1, 0.15) is 10.9 Å². The number of nitrogens with zero attached hydrogens (tertiary/aromatic N) is 1. The molecule has 2 aromatic rings. The SMILES string of the molecule is Cc1cc(O)c(NC(=O)c2cc(Br)cnc2Cl)cc1Cl. The highest BCUT2D eigenvalue weighted by Crippen LogP contribution is 2.30. The summed E-state index contributed by atoms with van der Waals surface area (Å²) in [5.41, 5.74) is 1.11. The summed E-state index contributed by atoms with van der Waals surface area (Å²) in [6, 6.07) is 4.49. The molecule has 2 rings (SSSR count). The number of phenols is 1. The van der Waals surface area contributed by atoms with E-state index < -0.39 is 5.91 Å². The Labute approximate surface area is 133 Å².